The fraction of sp³-hybridized carbons (Fsp3) is 0.769. The van der Waals surface area contributed by atoms with Crippen molar-refractivity contribution >= 4 is 11.7 Å². The van der Waals surface area contributed by atoms with E-state index in [1.54, 1.807) is 13.8 Å². The third-order valence-electron chi connectivity index (χ3n) is 6.13. The molecule has 0 aliphatic heterocycles. The summed E-state index contributed by atoms with van der Waals surface area (Å²) in [7, 11) is 0. The molecule has 0 aromatic rings. The molecule has 0 radical (unpaired) electrons. The van der Waals surface area contributed by atoms with Crippen molar-refractivity contribution in [2.45, 2.75) is 81.1 Å². The van der Waals surface area contributed by atoms with Gasteiger partial charge in [-0.15, -0.1) is 0 Å². The molecule has 0 atom stereocenters. The maximum atomic E-state index is 11.7. The molecule has 0 spiro atoms. The van der Waals surface area contributed by atoms with E-state index in [1.807, 2.05) is 0 Å². The summed E-state index contributed by atoms with van der Waals surface area (Å²) in [6.07, 6.45) is 2.96. The number of ether oxygens (including phenoxy) is 2. The molecule has 0 saturated heterocycles. The number of carbonyl (C=O) groups excluding carboxylic acids is 2. The number of unbranched alkanes of at least 4 members (excludes halogenated alkanes) is 1. The predicted octanol–water partition coefficient (Wildman–Crippen LogP) is 5.50. The third-order valence-corrected chi connectivity index (χ3v) is 6.13. The average molecular weight is 438 g/mol. The first-order valence-electron chi connectivity index (χ1n) is 11.4. The van der Waals surface area contributed by atoms with Gasteiger partial charge in [-0.2, -0.15) is 0 Å². The van der Waals surface area contributed by atoms with Crippen LogP contribution in [0.1, 0.15) is 81.1 Å². The predicted molar refractivity (Wildman–Crippen MR) is 129 cm³/mol. The largest absolute Gasteiger partial charge is 0.381 e. The highest BCUT2D eigenvalue weighted by Crippen LogP contribution is 2.52. The molecule has 0 bridgehead atoms. The van der Waals surface area contributed by atoms with Gasteiger partial charge in [-0.25, -0.2) is 0 Å². The van der Waals surface area contributed by atoms with Crippen LogP contribution in [0, 0.1) is 16.2 Å². The molecule has 0 saturated carbocycles. The molecular weight excluding hydrogens is 390 g/mol. The normalized spacial score (nSPS) is 12.5. The van der Waals surface area contributed by atoms with Gasteiger partial charge in [-0.05, 0) is 49.5 Å². The van der Waals surface area contributed by atoms with E-state index < -0.39 is 0 Å². The number of amides is 1. The van der Waals surface area contributed by atoms with Crippen molar-refractivity contribution in [3.63, 3.8) is 0 Å². The smallest absolute Gasteiger partial charge is 0.246 e. The molecule has 5 nitrogen and oxygen atoms in total. The number of rotatable bonds is 15. The Morgan fingerprint density at radius 1 is 0.774 bits per heavy atom. The van der Waals surface area contributed by atoms with E-state index in [1.165, 1.54) is 0 Å². The molecule has 0 heterocycles. The topological polar surface area (TPSA) is 64.6 Å². The van der Waals surface area contributed by atoms with E-state index in [0.717, 1.165) is 19.3 Å². The number of nitrogens with one attached hydrogen (secondary N) is 1. The summed E-state index contributed by atoms with van der Waals surface area (Å²) in [5.74, 6) is 0.0173. The maximum absolute atomic E-state index is 11.7. The van der Waals surface area contributed by atoms with Crippen molar-refractivity contribution in [3.8, 4) is 0 Å². The van der Waals surface area contributed by atoms with Crippen LogP contribution in [0.25, 0.3) is 0 Å². The standard InChI is InChI=1S/C26H47NO4/c1-20(2)22(28)14-11-12-16-30-18-26(24(5,6)7,25(8,9)10)19-31-17-13-15-27-23(29)21(3)4/h1,3,11-19H2,2,4-10H3,(H,27,29). The minimum absolute atomic E-state index is 0.0324. The van der Waals surface area contributed by atoms with Crippen LogP contribution >= 0.6 is 0 Å². The van der Waals surface area contributed by atoms with E-state index in [-0.39, 0.29) is 27.9 Å². The van der Waals surface area contributed by atoms with Gasteiger partial charge in [0.2, 0.25) is 5.91 Å². The molecule has 0 aliphatic rings. The molecule has 0 aliphatic carbocycles. The molecule has 1 amide bonds. The van der Waals surface area contributed by atoms with Gasteiger partial charge in [0.1, 0.15) is 0 Å². The minimum Gasteiger partial charge on any atom is -0.381 e. The summed E-state index contributed by atoms with van der Waals surface area (Å²) < 4.78 is 12.3. The van der Waals surface area contributed by atoms with E-state index in [4.69, 9.17) is 9.47 Å². The molecule has 0 unspecified atom stereocenters. The lowest BCUT2D eigenvalue weighted by molar-refractivity contribution is -0.143. The van der Waals surface area contributed by atoms with Gasteiger partial charge in [-0.3, -0.25) is 9.59 Å². The zero-order valence-electron chi connectivity index (χ0n) is 21.4. The number of hydrogen-bond acceptors (Lipinski definition) is 4. The quantitative estimate of drug-likeness (QED) is 0.271. The Labute approximate surface area is 191 Å². The van der Waals surface area contributed by atoms with Crippen molar-refractivity contribution in [1.82, 2.24) is 5.32 Å². The van der Waals surface area contributed by atoms with Crippen molar-refractivity contribution in [2.24, 2.45) is 16.2 Å². The number of Topliss-reactive ketones (excluding diaryl/α,β-unsaturated/α-hetero) is 1. The van der Waals surface area contributed by atoms with Gasteiger partial charge in [-0.1, -0.05) is 54.7 Å². The summed E-state index contributed by atoms with van der Waals surface area (Å²) in [5.41, 5.74) is 0.886. The van der Waals surface area contributed by atoms with E-state index in [2.05, 4.69) is 60.0 Å². The fourth-order valence-corrected chi connectivity index (χ4v) is 3.76. The first-order valence-corrected chi connectivity index (χ1v) is 11.4. The lowest BCUT2D eigenvalue weighted by Gasteiger charge is -2.53. The van der Waals surface area contributed by atoms with Crippen LogP contribution in [0.3, 0.4) is 0 Å². The van der Waals surface area contributed by atoms with Crippen LogP contribution < -0.4 is 5.32 Å². The molecule has 1 N–H and O–H groups in total. The van der Waals surface area contributed by atoms with E-state index in [9.17, 15) is 9.59 Å². The Bertz CT molecular complexity index is 554. The van der Waals surface area contributed by atoms with Crippen molar-refractivity contribution in [2.75, 3.05) is 33.0 Å². The molecule has 180 valence electrons. The Morgan fingerprint density at radius 2 is 1.26 bits per heavy atom. The first-order chi connectivity index (χ1) is 14.2. The van der Waals surface area contributed by atoms with Crippen LogP contribution in [-0.4, -0.2) is 44.7 Å². The summed E-state index contributed by atoms with van der Waals surface area (Å²) in [6.45, 7) is 27.2. The van der Waals surface area contributed by atoms with Gasteiger partial charge in [0.05, 0.1) is 13.2 Å². The van der Waals surface area contributed by atoms with E-state index in [0.29, 0.717) is 50.5 Å². The summed E-state index contributed by atoms with van der Waals surface area (Å²) in [6, 6.07) is 0. The number of carbonyl (C=O) groups is 2. The Balaban J connectivity index is 4.76. The SMILES string of the molecule is C=C(C)C(=O)CCCCOCC(COCCCNC(=O)C(=C)C)(C(C)(C)C)C(C)(C)C. The molecule has 5 heteroatoms. The molecule has 31 heavy (non-hydrogen) atoms. The van der Waals surface area contributed by atoms with Crippen LogP contribution in [0.4, 0.5) is 0 Å². The summed E-state index contributed by atoms with van der Waals surface area (Å²) in [5, 5.41) is 2.84. The molecule has 0 rings (SSSR count). The van der Waals surface area contributed by atoms with Crippen LogP contribution in [0.15, 0.2) is 24.3 Å². The molecule has 0 aromatic carbocycles. The fourth-order valence-electron chi connectivity index (χ4n) is 3.76. The Kier molecular flexibility index (Phi) is 12.6. The zero-order chi connectivity index (χ0) is 24.3. The number of ketones is 1. The molecular formula is C26H47NO4. The second kappa shape index (κ2) is 13.2. The lowest BCUT2D eigenvalue weighted by Crippen LogP contribution is -2.53. The third kappa shape index (κ3) is 10.1. The van der Waals surface area contributed by atoms with Crippen LogP contribution in [0.2, 0.25) is 0 Å². The Morgan fingerprint density at radius 3 is 1.68 bits per heavy atom. The molecule has 0 fully saturated rings. The van der Waals surface area contributed by atoms with Gasteiger partial charge in [0.15, 0.2) is 5.78 Å². The van der Waals surface area contributed by atoms with Gasteiger partial charge in [0.25, 0.3) is 0 Å². The van der Waals surface area contributed by atoms with Crippen LogP contribution in [0.5, 0.6) is 0 Å². The van der Waals surface area contributed by atoms with Gasteiger partial charge in [0, 0.05) is 37.2 Å². The maximum Gasteiger partial charge on any atom is 0.246 e. The number of hydrogen-bond donors (Lipinski definition) is 1. The van der Waals surface area contributed by atoms with Crippen molar-refractivity contribution < 1.29 is 19.1 Å². The average Bonchev–Trinajstić information content (AvgIpc) is 2.62. The van der Waals surface area contributed by atoms with Crippen molar-refractivity contribution in [3.05, 3.63) is 24.3 Å². The minimum atomic E-state index is -0.186. The molecule has 0 aromatic heterocycles. The monoisotopic (exact) mass is 437 g/mol. The number of allylic oxidation sites excluding steroid dienone is 1. The highest BCUT2D eigenvalue weighted by molar-refractivity contribution is 5.94. The van der Waals surface area contributed by atoms with Crippen molar-refractivity contribution in [1.29, 1.82) is 0 Å². The highest BCUT2D eigenvalue weighted by Gasteiger charge is 2.51. The van der Waals surface area contributed by atoms with Gasteiger partial charge < -0.3 is 14.8 Å². The summed E-state index contributed by atoms with van der Waals surface area (Å²) in [4.78, 5) is 23.2. The second-order valence-electron chi connectivity index (χ2n) is 10.7. The lowest BCUT2D eigenvalue weighted by atomic mass is 9.55. The Hall–Kier alpha value is -1.46. The van der Waals surface area contributed by atoms with E-state index >= 15 is 0 Å². The first kappa shape index (κ1) is 29.5. The van der Waals surface area contributed by atoms with Crippen LogP contribution in [-0.2, 0) is 19.1 Å². The summed E-state index contributed by atoms with van der Waals surface area (Å²) >= 11 is 0. The zero-order valence-corrected chi connectivity index (χ0v) is 21.4. The highest BCUT2D eigenvalue weighted by atomic mass is 16.5. The second-order valence-corrected chi connectivity index (χ2v) is 10.7. The van der Waals surface area contributed by atoms with Gasteiger partial charge >= 0.3 is 0 Å².